The van der Waals surface area contributed by atoms with E-state index in [0.717, 1.165) is 103 Å². The molecule has 0 aromatic rings. The third-order valence-electron chi connectivity index (χ3n) is 10.9. The SMILES string of the molecule is CC/C=C\C/C=C\C/C=C\C/C=C\CCCCCCC(=O)OC[C@H](COC(=O)CCC/C=C\C/C=C\C/C=C\CCCCCCCC)OC(=O)CCCC/C=C\C/C=C\C/C=C\CCCCC. The van der Waals surface area contributed by atoms with Crippen molar-refractivity contribution < 1.29 is 28.6 Å². The van der Waals surface area contributed by atoms with Crippen molar-refractivity contribution in [3.63, 3.8) is 0 Å². The van der Waals surface area contributed by atoms with E-state index in [4.69, 9.17) is 14.2 Å². The first-order valence-electron chi connectivity index (χ1n) is 27.0. The number of carbonyl (C=O) groups is 3. The van der Waals surface area contributed by atoms with Gasteiger partial charge < -0.3 is 14.2 Å². The maximum absolute atomic E-state index is 12.8. The van der Waals surface area contributed by atoms with Gasteiger partial charge in [0.2, 0.25) is 0 Å². The van der Waals surface area contributed by atoms with Crippen LogP contribution in [0.25, 0.3) is 0 Å². The molecule has 0 aliphatic rings. The minimum absolute atomic E-state index is 0.125. The van der Waals surface area contributed by atoms with Crippen LogP contribution in [-0.2, 0) is 28.6 Å². The highest BCUT2D eigenvalue weighted by atomic mass is 16.6. The van der Waals surface area contributed by atoms with E-state index in [-0.39, 0.29) is 44.0 Å². The van der Waals surface area contributed by atoms with E-state index < -0.39 is 6.10 Å². The highest BCUT2D eigenvalue weighted by molar-refractivity contribution is 5.71. The van der Waals surface area contributed by atoms with E-state index in [1.165, 1.54) is 70.6 Å². The fourth-order valence-electron chi connectivity index (χ4n) is 6.87. The molecule has 0 aromatic carbocycles. The Labute approximate surface area is 412 Å². The van der Waals surface area contributed by atoms with Crippen LogP contribution in [0.1, 0.15) is 226 Å². The third kappa shape index (κ3) is 52.6. The molecule has 0 aliphatic heterocycles. The number of hydrogen-bond acceptors (Lipinski definition) is 6. The van der Waals surface area contributed by atoms with Gasteiger partial charge in [0.15, 0.2) is 6.10 Å². The lowest BCUT2D eigenvalue weighted by Crippen LogP contribution is -2.30. The monoisotopic (exact) mass is 927 g/mol. The summed E-state index contributed by atoms with van der Waals surface area (Å²) in [6.45, 7) is 6.38. The molecule has 0 spiro atoms. The van der Waals surface area contributed by atoms with Gasteiger partial charge in [-0.1, -0.05) is 200 Å². The van der Waals surface area contributed by atoms with E-state index in [9.17, 15) is 14.4 Å². The van der Waals surface area contributed by atoms with Gasteiger partial charge in [-0.3, -0.25) is 14.4 Å². The molecule has 67 heavy (non-hydrogen) atoms. The molecule has 0 aromatic heterocycles. The number of ether oxygens (including phenoxy) is 3. The second kappa shape index (κ2) is 54.4. The summed E-state index contributed by atoms with van der Waals surface area (Å²) in [5.74, 6) is -1.05. The maximum atomic E-state index is 12.8. The second-order valence-corrected chi connectivity index (χ2v) is 17.4. The zero-order chi connectivity index (χ0) is 48.6. The lowest BCUT2D eigenvalue weighted by atomic mass is 10.1. The zero-order valence-corrected chi connectivity index (χ0v) is 43.1. The second-order valence-electron chi connectivity index (χ2n) is 17.4. The molecule has 0 bridgehead atoms. The first kappa shape index (κ1) is 62.8. The highest BCUT2D eigenvalue weighted by Crippen LogP contribution is 2.11. The molecular weight excluding hydrogens is 829 g/mol. The lowest BCUT2D eigenvalue weighted by molar-refractivity contribution is -0.167. The van der Waals surface area contributed by atoms with Crippen LogP contribution in [0, 0.1) is 0 Å². The minimum Gasteiger partial charge on any atom is -0.462 e. The van der Waals surface area contributed by atoms with Crippen molar-refractivity contribution in [1.29, 1.82) is 0 Å². The quantitative estimate of drug-likeness (QED) is 0.0262. The summed E-state index contributed by atoms with van der Waals surface area (Å²) in [6, 6.07) is 0. The van der Waals surface area contributed by atoms with E-state index >= 15 is 0 Å². The molecule has 6 heteroatoms. The Morgan fingerprint density at radius 2 is 0.597 bits per heavy atom. The zero-order valence-electron chi connectivity index (χ0n) is 43.1. The Morgan fingerprint density at radius 1 is 0.313 bits per heavy atom. The molecule has 1 atom stereocenters. The number of hydrogen-bond donors (Lipinski definition) is 0. The van der Waals surface area contributed by atoms with Crippen molar-refractivity contribution in [3.8, 4) is 0 Å². The van der Waals surface area contributed by atoms with Crippen LogP contribution in [0.4, 0.5) is 0 Å². The predicted octanol–water partition coefficient (Wildman–Crippen LogP) is 18.1. The lowest BCUT2D eigenvalue weighted by Gasteiger charge is -2.18. The number of unbranched alkanes of at least 4 members (excludes halogenated alkanes) is 16. The van der Waals surface area contributed by atoms with Crippen molar-refractivity contribution in [1.82, 2.24) is 0 Å². The van der Waals surface area contributed by atoms with Gasteiger partial charge in [-0.25, -0.2) is 0 Å². The van der Waals surface area contributed by atoms with Crippen molar-refractivity contribution >= 4 is 17.9 Å². The molecule has 0 heterocycles. The predicted molar refractivity (Wildman–Crippen MR) is 288 cm³/mol. The Hall–Kier alpha value is -4.19. The molecule has 378 valence electrons. The molecule has 0 N–H and O–H groups in total. The number of esters is 3. The average molecular weight is 927 g/mol. The van der Waals surface area contributed by atoms with Gasteiger partial charge in [-0.05, 0) is 128 Å². The summed E-state index contributed by atoms with van der Waals surface area (Å²) in [7, 11) is 0. The van der Waals surface area contributed by atoms with Gasteiger partial charge >= 0.3 is 17.9 Å². The number of carbonyl (C=O) groups excluding carboxylic acids is 3. The van der Waals surface area contributed by atoms with Crippen molar-refractivity contribution in [2.24, 2.45) is 0 Å². The summed E-state index contributed by atoms with van der Waals surface area (Å²) in [5.41, 5.74) is 0. The van der Waals surface area contributed by atoms with Crippen molar-refractivity contribution in [3.05, 3.63) is 122 Å². The van der Waals surface area contributed by atoms with E-state index in [0.29, 0.717) is 19.3 Å². The molecule has 0 amide bonds. The van der Waals surface area contributed by atoms with Crippen LogP contribution in [0.15, 0.2) is 122 Å². The highest BCUT2D eigenvalue weighted by Gasteiger charge is 2.19. The topological polar surface area (TPSA) is 78.9 Å². The normalized spacial score (nSPS) is 13.1. The molecule has 0 unspecified atom stereocenters. The summed E-state index contributed by atoms with van der Waals surface area (Å²) in [6.07, 6.45) is 74.7. The van der Waals surface area contributed by atoms with Crippen molar-refractivity contribution in [2.75, 3.05) is 13.2 Å². The van der Waals surface area contributed by atoms with Crippen LogP contribution in [0.5, 0.6) is 0 Å². The fourth-order valence-corrected chi connectivity index (χ4v) is 6.87. The van der Waals surface area contributed by atoms with Gasteiger partial charge in [0.1, 0.15) is 13.2 Å². The third-order valence-corrected chi connectivity index (χ3v) is 10.9. The molecule has 0 fully saturated rings. The van der Waals surface area contributed by atoms with Crippen LogP contribution in [-0.4, -0.2) is 37.2 Å². The van der Waals surface area contributed by atoms with E-state index in [1.807, 2.05) is 0 Å². The summed E-state index contributed by atoms with van der Waals surface area (Å²) < 4.78 is 16.7. The van der Waals surface area contributed by atoms with Crippen molar-refractivity contribution in [2.45, 2.75) is 232 Å². The smallest absolute Gasteiger partial charge is 0.306 e. The fraction of sp³-hybridized carbons (Fsp3) is 0.623. The Bertz CT molecular complexity index is 1440. The first-order chi connectivity index (χ1) is 33.0. The molecular formula is C61H98O6. The molecule has 6 nitrogen and oxygen atoms in total. The maximum Gasteiger partial charge on any atom is 0.306 e. The Morgan fingerprint density at radius 3 is 1.03 bits per heavy atom. The first-order valence-corrected chi connectivity index (χ1v) is 27.0. The van der Waals surface area contributed by atoms with Crippen LogP contribution in [0.2, 0.25) is 0 Å². The average Bonchev–Trinajstić information content (AvgIpc) is 3.33. The molecule has 0 radical (unpaired) electrons. The molecule has 0 aliphatic carbocycles. The van der Waals surface area contributed by atoms with Gasteiger partial charge in [0.25, 0.3) is 0 Å². The molecule has 0 saturated carbocycles. The largest absolute Gasteiger partial charge is 0.462 e. The Kier molecular flexibility index (Phi) is 51.0. The summed E-state index contributed by atoms with van der Waals surface area (Å²) in [4.78, 5) is 38.0. The minimum atomic E-state index is -0.832. The van der Waals surface area contributed by atoms with Crippen LogP contribution < -0.4 is 0 Å². The number of rotatable bonds is 47. The van der Waals surface area contributed by atoms with Crippen LogP contribution in [0.3, 0.4) is 0 Å². The standard InChI is InChI=1S/C61H98O6/c1-4-7-10-13-16-19-22-25-28-30-33-35-38-41-44-47-50-53-59(62)65-56-58(67-61(64)55-52-49-46-43-40-37-32-27-24-21-18-15-12-9-6-3)57-66-60(63)54-51-48-45-42-39-36-34-31-29-26-23-20-17-14-11-8-5-2/h7,10,16,18-19,21,25-29,32-36,40,42-43,45,58H,4-6,8-9,11-15,17,20,22-24,30-31,37-39,41,44,46-57H2,1-3H3/b10-7-,19-16-,21-18-,28-25-,29-26-,32-27-,35-33-,36-34-,43-40-,45-42-/t58-/m1/s1. The van der Waals surface area contributed by atoms with Crippen LogP contribution >= 0.6 is 0 Å². The summed E-state index contributed by atoms with van der Waals surface area (Å²) in [5, 5.41) is 0. The van der Waals surface area contributed by atoms with Gasteiger partial charge in [0.05, 0.1) is 0 Å². The molecule has 0 rings (SSSR count). The van der Waals surface area contributed by atoms with E-state index in [2.05, 4.69) is 142 Å². The van der Waals surface area contributed by atoms with Gasteiger partial charge in [-0.2, -0.15) is 0 Å². The Balaban J connectivity index is 4.58. The van der Waals surface area contributed by atoms with E-state index in [1.54, 1.807) is 0 Å². The molecule has 0 saturated heterocycles. The number of allylic oxidation sites excluding steroid dienone is 20. The van der Waals surface area contributed by atoms with Gasteiger partial charge in [-0.15, -0.1) is 0 Å². The summed E-state index contributed by atoms with van der Waals surface area (Å²) >= 11 is 0. The van der Waals surface area contributed by atoms with Gasteiger partial charge in [0, 0.05) is 19.3 Å².